The molecular formula is C15H30N2. The van der Waals surface area contributed by atoms with Crippen molar-refractivity contribution in [2.45, 2.75) is 76.8 Å². The average molecular weight is 238 g/mol. The van der Waals surface area contributed by atoms with E-state index in [4.69, 9.17) is 5.73 Å². The van der Waals surface area contributed by atoms with Crippen LogP contribution in [0.4, 0.5) is 0 Å². The molecule has 2 N–H and O–H groups in total. The fourth-order valence-corrected chi connectivity index (χ4v) is 3.98. The van der Waals surface area contributed by atoms with Crippen molar-refractivity contribution in [3.63, 3.8) is 0 Å². The monoisotopic (exact) mass is 238 g/mol. The minimum atomic E-state index is 0.360. The largest absolute Gasteiger partial charge is 0.329 e. The Morgan fingerprint density at radius 2 is 1.71 bits per heavy atom. The Labute approximate surface area is 107 Å². The molecule has 0 heterocycles. The van der Waals surface area contributed by atoms with E-state index in [1.807, 2.05) is 0 Å². The molecule has 0 aromatic carbocycles. The lowest BCUT2D eigenvalue weighted by molar-refractivity contribution is 0.0419. The van der Waals surface area contributed by atoms with Crippen LogP contribution in [0.5, 0.6) is 0 Å². The average Bonchev–Trinajstić information content (AvgIpc) is 2.98. The minimum Gasteiger partial charge on any atom is -0.329 e. The van der Waals surface area contributed by atoms with Gasteiger partial charge in [0.1, 0.15) is 0 Å². The van der Waals surface area contributed by atoms with Crippen molar-refractivity contribution in [3.8, 4) is 0 Å². The molecule has 2 nitrogen and oxygen atoms in total. The second-order valence-corrected chi connectivity index (χ2v) is 6.62. The fourth-order valence-electron chi connectivity index (χ4n) is 3.98. The highest BCUT2D eigenvalue weighted by atomic mass is 15.2. The Hall–Kier alpha value is -0.0800. The summed E-state index contributed by atoms with van der Waals surface area (Å²) < 4.78 is 0. The first-order chi connectivity index (χ1) is 8.18. The highest BCUT2D eigenvalue weighted by Gasteiger charge is 2.42. The number of nitrogens with two attached hydrogens (primary N) is 1. The molecule has 2 aliphatic carbocycles. The van der Waals surface area contributed by atoms with Gasteiger partial charge in [-0.1, -0.05) is 39.5 Å². The van der Waals surface area contributed by atoms with Crippen molar-refractivity contribution in [2.24, 2.45) is 11.7 Å². The first-order valence-corrected chi connectivity index (χ1v) is 7.65. The highest BCUT2D eigenvalue weighted by Crippen LogP contribution is 2.39. The Morgan fingerprint density at radius 3 is 2.18 bits per heavy atom. The van der Waals surface area contributed by atoms with Gasteiger partial charge in [0.15, 0.2) is 0 Å². The van der Waals surface area contributed by atoms with Crippen LogP contribution in [0.3, 0.4) is 0 Å². The molecule has 2 aliphatic rings. The maximum absolute atomic E-state index is 6.17. The second-order valence-electron chi connectivity index (χ2n) is 6.62. The predicted octanol–water partition coefficient (Wildman–Crippen LogP) is 3.16. The molecule has 0 aromatic rings. The van der Waals surface area contributed by atoms with Gasteiger partial charge < -0.3 is 5.73 Å². The van der Waals surface area contributed by atoms with Crippen molar-refractivity contribution in [2.75, 3.05) is 13.1 Å². The van der Waals surface area contributed by atoms with Gasteiger partial charge in [0, 0.05) is 24.7 Å². The lowest BCUT2D eigenvalue weighted by Crippen LogP contribution is -2.56. The zero-order valence-electron chi connectivity index (χ0n) is 11.8. The smallest absolute Gasteiger partial charge is 0.0334 e. The van der Waals surface area contributed by atoms with E-state index in [0.717, 1.165) is 18.5 Å². The van der Waals surface area contributed by atoms with Crippen molar-refractivity contribution >= 4 is 0 Å². The molecule has 0 amide bonds. The lowest BCUT2D eigenvalue weighted by Gasteiger charge is -2.45. The molecule has 100 valence electrons. The summed E-state index contributed by atoms with van der Waals surface area (Å²) in [6, 6.07) is 0.832. The molecule has 2 saturated carbocycles. The summed E-state index contributed by atoms with van der Waals surface area (Å²) in [5.41, 5.74) is 6.53. The third-order valence-corrected chi connectivity index (χ3v) is 4.85. The van der Waals surface area contributed by atoms with Gasteiger partial charge in [-0.15, -0.1) is 0 Å². The number of hydrogen-bond acceptors (Lipinski definition) is 2. The SMILES string of the molecule is CC(C)CN(C1CCCC1)C1(CN)CCCC1. The molecule has 0 spiro atoms. The third-order valence-electron chi connectivity index (χ3n) is 4.85. The van der Waals surface area contributed by atoms with E-state index in [-0.39, 0.29) is 0 Å². The molecule has 0 unspecified atom stereocenters. The zero-order chi connectivity index (χ0) is 12.3. The van der Waals surface area contributed by atoms with Gasteiger partial charge in [-0.3, -0.25) is 4.90 Å². The molecule has 0 aromatic heterocycles. The van der Waals surface area contributed by atoms with Gasteiger partial charge in [0.25, 0.3) is 0 Å². The van der Waals surface area contributed by atoms with Crippen molar-refractivity contribution in [1.82, 2.24) is 4.90 Å². The molecule has 0 saturated heterocycles. The quantitative estimate of drug-likeness (QED) is 0.797. The summed E-state index contributed by atoms with van der Waals surface area (Å²) in [5.74, 6) is 0.764. The minimum absolute atomic E-state index is 0.360. The van der Waals surface area contributed by atoms with E-state index in [2.05, 4.69) is 18.7 Å². The van der Waals surface area contributed by atoms with Crippen LogP contribution in [0.2, 0.25) is 0 Å². The van der Waals surface area contributed by atoms with Gasteiger partial charge >= 0.3 is 0 Å². The van der Waals surface area contributed by atoms with Crippen molar-refractivity contribution < 1.29 is 0 Å². The zero-order valence-corrected chi connectivity index (χ0v) is 11.8. The van der Waals surface area contributed by atoms with Crippen LogP contribution < -0.4 is 5.73 Å². The van der Waals surface area contributed by atoms with Crippen LogP contribution in [0.15, 0.2) is 0 Å². The fraction of sp³-hybridized carbons (Fsp3) is 1.00. The summed E-state index contributed by atoms with van der Waals surface area (Å²) >= 11 is 0. The summed E-state index contributed by atoms with van der Waals surface area (Å²) in [7, 11) is 0. The first-order valence-electron chi connectivity index (χ1n) is 7.65. The van der Waals surface area contributed by atoms with Gasteiger partial charge in [0.05, 0.1) is 0 Å². The summed E-state index contributed by atoms with van der Waals surface area (Å²) in [5, 5.41) is 0. The van der Waals surface area contributed by atoms with Crippen LogP contribution in [-0.2, 0) is 0 Å². The molecule has 0 aliphatic heterocycles. The number of nitrogens with zero attached hydrogens (tertiary/aromatic N) is 1. The van der Waals surface area contributed by atoms with E-state index in [9.17, 15) is 0 Å². The van der Waals surface area contributed by atoms with Crippen LogP contribution in [0.1, 0.15) is 65.2 Å². The topological polar surface area (TPSA) is 29.3 Å². The van der Waals surface area contributed by atoms with Crippen LogP contribution >= 0.6 is 0 Å². The molecule has 2 fully saturated rings. The van der Waals surface area contributed by atoms with E-state index >= 15 is 0 Å². The normalized spacial score (nSPS) is 25.2. The second kappa shape index (κ2) is 5.71. The van der Waals surface area contributed by atoms with E-state index in [1.54, 1.807) is 0 Å². The highest BCUT2D eigenvalue weighted by molar-refractivity contribution is 4.99. The molecule has 0 radical (unpaired) electrons. The Balaban J connectivity index is 2.12. The summed E-state index contributed by atoms with van der Waals surface area (Å²) in [6.07, 6.45) is 11.1. The maximum atomic E-state index is 6.17. The van der Waals surface area contributed by atoms with E-state index < -0.39 is 0 Å². The predicted molar refractivity (Wildman–Crippen MR) is 74.1 cm³/mol. The number of rotatable bonds is 5. The Kier molecular flexibility index (Phi) is 4.48. The molecule has 0 bridgehead atoms. The number of hydrogen-bond donors (Lipinski definition) is 1. The maximum Gasteiger partial charge on any atom is 0.0334 e. The van der Waals surface area contributed by atoms with Gasteiger partial charge in [-0.05, 0) is 31.6 Å². The Morgan fingerprint density at radius 1 is 1.12 bits per heavy atom. The van der Waals surface area contributed by atoms with Gasteiger partial charge in [-0.2, -0.15) is 0 Å². The van der Waals surface area contributed by atoms with Crippen LogP contribution in [0, 0.1) is 5.92 Å². The van der Waals surface area contributed by atoms with E-state index in [1.165, 1.54) is 57.9 Å². The van der Waals surface area contributed by atoms with Crippen LogP contribution in [-0.4, -0.2) is 29.6 Å². The van der Waals surface area contributed by atoms with E-state index in [0.29, 0.717) is 5.54 Å². The Bertz CT molecular complexity index is 225. The molecular weight excluding hydrogens is 208 g/mol. The summed E-state index contributed by atoms with van der Waals surface area (Å²) in [4.78, 5) is 2.83. The lowest BCUT2D eigenvalue weighted by atomic mass is 9.91. The molecule has 2 rings (SSSR count). The van der Waals surface area contributed by atoms with Gasteiger partial charge in [0.2, 0.25) is 0 Å². The van der Waals surface area contributed by atoms with Crippen molar-refractivity contribution in [1.29, 1.82) is 0 Å². The summed E-state index contributed by atoms with van der Waals surface area (Å²) in [6.45, 7) is 6.82. The van der Waals surface area contributed by atoms with Gasteiger partial charge in [-0.25, -0.2) is 0 Å². The first kappa shape index (κ1) is 13.4. The molecule has 0 atom stereocenters. The van der Waals surface area contributed by atoms with Crippen molar-refractivity contribution in [3.05, 3.63) is 0 Å². The van der Waals surface area contributed by atoms with Crippen LogP contribution in [0.25, 0.3) is 0 Å². The molecule has 17 heavy (non-hydrogen) atoms. The third kappa shape index (κ3) is 2.85. The molecule has 2 heteroatoms. The standard InChI is InChI=1S/C15H30N2/c1-13(2)11-17(14-7-3-4-8-14)15(12-16)9-5-6-10-15/h13-14H,3-12,16H2,1-2H3.